The van der Waals surface area contributed by atoms with E-state index in [1.165, 1.54) is 0 Å². The summed E-state index contributed by atoms with van der Waals surface area (Å²) in [5, 5.41) is 9.32. The van der Waals surface area contributed by atoms with Crippen molar-refractivity contribution in [3.05, 3.63) is 0 Å². The fraction of sp³-hybridized carbons (Fsp3) is 0.786. The molecule has 3 aliphatic rings. The normalized spacial score (nSPS) is 37.6. The third kappa shape index (κ3) is 1.81. The lowest BCUT2D eigenvalue weighted by atomic mass is 9.62. The molecular weight excluding hydrogens is 242 g/mol. The van der Waals surface area contributed by atoms with Gasteiger partial charge in [-0.2, -0.15) is 5.26 Å². The zero-order valence-electron chi connectivity index (χ0n) is 11.3. The number of amides is 2. The largest absolute Gasteiger partial charge is 0.337 e. The average Bonchev–Trinajstić information content (AvgIpc) is 2.75. The van der Waals surface area contributed by atoms with Crippen LogP contribution in [0.1, 0.15) is 32.6 Å². The van der Waals surface area contributed by atoms with Crippen molar-refractivity contribution in [1.82, 2.24) is 9.80 Å². The van der Waals surface area contributed by atoms with Gasteiger partial charge in [-0.3, -0.25) is 9.59 Å². The summed E-state index contributed by atoms with van der Waals surface area (Å²) in [7, 11) is 0. The van der Waals surface area contributed by atoms with Crippen molar-refractivity contribution < 1.29 is 9.59 Å². The van der Waals surface area contributed by atoms with Gasteiger partial charge in [-0.05, 0) is 25.2 Å². The van der Waals surface area contributed by atoms with E-state index in [0.717, 1.165) is 6.42 Å². The van der Waals surface area contributed by atoms with Gasteiger partial charge in [0.1, 0.15) is 5.41 Å². The molecule has 1 unspecified atom stereocenters. The lowest BCUT2D eigenvalue weighted by molar-refractivity contribution is -0.150. The first-order valence-electron chi connectivity index (χ1n) is 7.06. The van der Waals surface area contributed by atoms with Crippen LogP contribution < -0.4 is 0 Å². The van der Waals surface area contributed by atoms with Crippen molar-refractivity contribution in [2.45, 2.75) is 38.6 Å². The second kappa shape index (κ2) is 4.22. The molecule has 2 aliphatic heterocycles. The number of nitriles is 1. The summed E-state index contributed by atoms with van der Waals surface area (Å²) in [5.74, 6) is 0.675. The fourth-order valence-corrected chi connectivity index (χ4v) is 3.80. The van der Waals surface area contributed by atoms with Gasteiger partial charge in [-0.15, -0.1) is 0 Å². The van der Waals surface area contributed by atoms with E-state index in [9.17, 15) is 14.9 Å². The molecule has 5 heteroatoms. The molecule has 1 aliphatic carbocycles. The number of fused-ring (bicyclic) bond motifs is 1. The third-order valence-corrected chi connectivity index (χ3v) is 4.80. The van der Waals surface area contributed by atoms with E-state index in [2.05, 4.69) is 13.0 Å². The molecule has 2 amide bonds. The predicted molar refractivity (Wildman–Crippen MR) is 67.8 cm³/mol. The third-order valence-electron chi connectivity index (χ3n) is 4.80. The van der Waals surface area contributed by atoms with Gasteiger partial charge in [0.15, 0.2) is 0 Å². The van der Waals surface area contributed by atoms with E-state index in [4.69, 9.17) is 0 Å². The van der Waals surface area contributed by atoms with Gasteiger partial charge in [0.2, 0.25) is 11.8 Å². The van der Waals surface area contributed by atoms with Crippen LogP contribution in [0.2, 0.25) is 0 Å². The average molecular weight is 261 g/mol. The molecule has 0 spiro atoms. The van der Waals surface area contributed by atoms with Crippen LogP contribution in [-0.4, -0.2) is 47.3 Å². The van der Waals surface area contributed by atoms with E-state index in [1.54, 1.807) is 0 Å². The van der Waals surface area contributed by atoms with Crippen molar-refractivity contribution in [2.75, 3.05) is 19.6 Å². The molecule has 1 atom stereocenters. The Kier molecular flexibility index (Phi) is 2.77. The Labute approximate surface area is 113 Å². The highest BCUT2D eigenvalue weighted by Crippen LogP contribution is 2.46. The molecule has 3 fully saturated rings. The van der Waals surface area contributed by atoms with Crippen LogP contribution >= 0.6 is 0 Å². The molecule has 0 bridgehead atoms. The van der Waals surface area contributed by atoms with Crippen LogP contribution in [0.25, 0.3) is 0 Å². The number of carbonyl (C=O) groups excluding carboxylic acids is 2. The van der Waals surface area contributed by atoms with Crippen LogP contribution in [0.15, 0.2) is 0 Å². The lowest BCUT2D eigenvalue weighted by Gasteiger charge is -2.45. The molecule has 5 nitrogen and oxygen atoms in total. The van der Waals surface area contributed by atoms with Gasteiger partial charge in [0.05, 0.1) is 6.07 Å². The number of carbonyl (C=O) groups is 2. The van der Waals surface area contributed by atoms with Gasteiger partial charge >= 0.3 is 0 Å². The van der Waals surface area contributed by atoms with Gasteiger partial charge < -0.3 is 9.80 Å². The number of piperazine rings is 1. The minimum Gasteiger partial charge on any atom is -0.337 e. The predicted octanol–water partition coefficient (Wildman–Crippen LogP) is 0.759. The van der Waals surface area contributed by atoms with E-state index in [-0.39, 0.29) is 17.9 Å². The van der Waals surface area contributed by atoms with Gasteiger partial charge in [-0.1, -0.05) is 6.92 Å². The second-order valence-corrected chi connectivity index (χ2v) is 6.24. The standard InChI is InChI=1S/C14H19N3O2/c1-10-6-14(7-10,9-15)13(19)16-4-5-17-11(8-16)2-3-12(17)18/h10-11H,2-8H2,1H3. The molecule has 19 heavy (non-hydrogen) atoms. The summed E-state index contributed by atoms with van der Waals surface area (Å²) in [6.45, 7) is 3.91. The molecule has 2 saturated heterocycles. The molecule has 0 radical (unpaired) electrons. The zero-order chi connectivity index (χ0) is 13.6. The van der Waals surface area contributed by atoms with Crippen molar-refractivity contribution >= 4 is 11.8 Å². The van der Waals surface area contributed by atoms with Crippen LogP contribution in [-0.2, 0) is 9.59 Å². The number of hydrogen-bond acceptors (Lipinski definition) is 3. The summed E-state index contributed by atoms with van der Waals surface area (Å²) in [6.07, 6.45) is 2.82. The minimum absolute atomic E-state index is 0.00732. The topological polar surface area (TPSA) is 64.4 Å². The number of nitrogens with zero attached hydrogens (tertiary/aromatic N) is 3. The molecule has 2 heterocycles. The van der Waals surface area contributed by atoms with Crippen molar-refractivity contribution in [3.8, 4) is 6.07 Å². The molecule has 0 aromatic rings. The van der Waals surface area contributed by atoms with E-state index < -0.39 is 5.41 Å². The minimum atomic E-state index is -0.774. The van der Waals surface area contributed by atoms with Crippen molar-refractivity contribution in [3.63, 3.8) is 0 Å². The highest BCUT2D eigenvalue weighted by atomic mass is 16.2. The summed E-state index contributed by atoms with van der Waals surface area (Å²) >= 11 is 0. The lowest BCUT2D eigenvalue weighted by Crippen LogP contribution is -2.58. The van der Waals surface area contributed by atoms with Gasteiger partial charge in [0, 0.05) is 32.1 Å². The Bertz CT molecular complexity index is 462. The maximum Gasteiger partial charge on any atom is 0.243 e. The van der Waals surface area contributed by atoms with Crippen molar-refractivity contribution in [2.24, 2.45) is 11.3 Å². The number of rotatable bonds is 1. The molecule has 3 rings (SSSR count). The molecule has 0 N–H and O–H groups in total. The van der Waals surface area contributed by atoms with Crippen LogP contribution in [0.5, 0.6) is 0 Å². The Morgan fingerprint density at radius 2 is 2.16 bits per heavy atom. The van der Waals surface area contributed by atoms with E-state index in [1.807, 2.05) is 9.80 Å². The van der Waals surface area contributed by atoms with Gasteiger partial charge in [-0.25, -0.2) is 0 Å². The van der Waals surface area contributed by atoms with E-state index in [0.29, 0.717) is 44.8 Å². The second-order valence-electron chi connectivity index (χ2n) is 6.24. The van der Waals surface area contributed by atoms with E-state index >= 15 is 0 Å². The molecule has 0 aromatic carbocycles. The van der Waals surface area contributed by atoms with Crippen LogP contribution in [0, 0.1) is 22.7 Å². The highest BCUT2D eigenvalue weighted by Gasteiger charge is 2.52. The zero-order valence-corrected chi connectivity index (χ0v) is 11.3. The maximum absolute atomic E-state index is 12.5. The molecule has 0 aromatic heterocycles. The Morgan fingerprint density at radius 1 is 1.42 bits per heavy atom. The summed E-state index contributed by atoms with van der Waals surface area (Å²) in [4.78, 5) is 27.9. The summed E-state index contributed by atoms with van der Waals surface area (Å²) in [6, 6.07) is 2.42. The molecule has 102 valence electrons. The first-order chi connectivity index (χ1) is 9.05. The monoisotopic (exact) mass is 261 g/mol. The first kappa shape index (κ1) is 12.5. The quantitative estimate of drug-likeness (QED) is 0.700. The summed E-state index contributed by atoms with van der Waals surface area (Å²) in [5.41, 5.74) is -0.774. The molecule has 1 saturated carbocycles. The van der Waals surface area contributed by atoms with Crippen molar-refractivity contribution in [1.29, 1.82) is 5.26 Å². The van der Waals surface area contributed by atoms with Crippen LogP contribution in [0.4, 0.5) is 0 Å². The Balaban J connectivity index is 1.69. The SMILES string of the molecule is CC1CC(C#N)(C(=O)N2CCN3C(=O)CCC3C2)C1. The molecular formula is C14H19N3O2. The maximum atomic E-state index is 12.5. The van der Waals surface area contributed by atoms with Gasteiger partial charge in [0.25, 0.3) is 0 Å². The Morgan fingerprint density at radius 3 is 2.79 bits per heavy atom. The number of hydrogen-bond donors (Lipinski definition) is 0. The highest BCUT2D eigenvalue weighted by molar-refractivity contribution is 5.87. The summed E-state index contributed by atoms with van der Waals surface area (Å²) < 4.78 is 0. The smallest absolute Gasteiger partial charge is 0.243 e. The first-order valence-corrected chi connectivity index (χ1v) is 7.06. The van der Waals surface area contributed by atoms with Crippen LogP contribution in [0.3, 0.4) is 0 Å². The Hall–Kier alpha value is -1.57. The fourth-order valence-electron chi connectivity index (χ4n) is 3.80.